The SMILES string of the molecule is CC(C)(C)OC(=O)NC(C(=O)O)c1ccc(C(=O)OC(C)(C)C)c(F)c1Cl. The van der Waals surface area contributed by atoms with Gasteiger partial charge in [-0.25, -0.2) is 18.8 Å². The van der Waals surface area contributed by atoms with Crippen molar-refractivity contribution in [3.8, 4) is 0 Å². The summed E-state index contributed by atoms with van der Waals surface area (Å²) in [5.41, 5.74) is -2.39. The predicted molar refractivity (Wildman–Crippen MR) is 96.3 cm³/mol. The fourth-order valence-corrected chi connectivity index (χ4v) is 2.25. The molecular weight excluding hydrogens is 381 g/mol. The Morgan fingerprint density at radius 3 is 2.04 bits per heavy atom. The molecule has 0 heterocycles. The first kappa shape index (κ1) is 22.7. The number of carbonyl (C=O) groups is 3. The molecule has 1 aromatic carbocycles. The fourth-order valence-electron chi connectivity index (χ4n) is 1.98. The maximum absolute atomic E-state index is 14.6. The van der Waals surface area contributed by atoms with Gasteiger partial charge in [-0.1, -0.05) is 17.7 Å². The van der Waals surface area contributed by atoms with Crippen molar-refractivity contribution in [2.45, 2.75) is 58.8 Å². The maximum Gasteiger partial charge on any atom is 0.408 e. The molecule has 0 saturated heterocycles. The number of halogens is 2. The van der Waals surface area contributed by atoms with Gasteiger partial charge < -0.3 is 19.9 Å². The first-order chi connectivity index (χ1) is 12.1. The second kappa shape index (κ2) is 8.12. The molecule has 0 aromatic heterocycles. The van der Waals surface area contributed by atoms with Crippen LogP contribution in [0.3, 0.4) is 0 Å². The van der Waals surface area contributed by atoms with Crippen LogP contribution in [0.25, 0.3) is 0 Å². The average molecular weight is 404 g/mol. The first-order valence-corrected chi connectivity index (χ1v) is 8.44. The van der Waals surface area contributed by atoms with Crippen molar-refractivity contribution in [2.75, 3.05) is 0 Å². The van der Waals surface area contributed by atoms with E-state index >= 15 is 0 Å². The summed E-state index contributed by atoms with van der Waals surface area (Å²) < 4.78 is 24.6. The Labute approximate surface area is 161 Å². The summed E-state index contributed by atoms with van der Waals surface area (Å²) in [6.07, 6.45) is -1.01. The Morgan fingerprint density at radius 1 is 1.07 bits per heavy atom. The van der Waals surface area contributed by atoms with Crippen molar-refractivity contribution in [3.05, 3.63) is 34.1 Å². The highest BCUT2D eigenvalue weighted by atomic mass is 35.5. The highest BCUT2D eigenvalue weighted by molar-refractivity contribution is 6.32. The average Bonchev–Trinajstić information content (AvgIpc) is 2.44. The normalized spacial score (nSPS) is 12.9. The van der Waals surface area contributed by atoms with E-state index in [4.69, 9.17) is 21.1 Å². The lowest BCUT2D eigenvalue weighted by molar-refractivity contribution is -0.139. The Morgan fingerprint density at radius 2 is 1.59 bits per heavy atom. The smallest absolute Gasteiger partial charge is 0.408 e. The minimum atomic E-state index is -1.67. The molecule has 0 spiro atoms. The number of rotatable bonds is 4. The summed E-state index contributed by atoms with van der Waals surface area (Å²) in [6.45, 7) is 9.65. The van der Waals surface area contributed by atoms with Crippen LogP contribution in [0.2, 0.25) is 5.02 Å². The number of carboxylic acid groups (broad SMARTS) is 1. The molecule has 0 aliphatic rings. The van der Waals surface area contributed by atoms with Gasteiger partial charge >= 0.3 is 18.0 Å². The van der Waals surface area contributed by atoms with Gasteiger partial charge in [0.1, 0.15) is 11.2 Å². The zero-order valence-corrected chi connectivity index (χ0v) is 16.7. The summed E-state index contributed by atoms with van der Waals surface area (Å²) in [6, 6.07) is 0.521. The van der Waals surface area contributed by atoms with Crippen LogP contribution in [0.5, 0.6) is 0 Å². The first-order valence-electron chi connectivity index (χ1n) is 8.06. The van der Waals surface area contributed by atoms with E-state index in [0.29, 0.717) is 0 Å². The van der Waals surface area contributed by atoms with E-state index in [0.717, 1.165) is 12.1 Å². The molecule has 0 aliphatic carbocycles. The number of hydrogen-bond donors (Lipinski definition) is 2. The van der Waals surface area contributed by atoms with Crippen molar-refractivity contribution in [1.29, 1.82) is 0 Å². The molecule has 150 valence electrons. The molecule has 27 heavy (non-hydrogen) atoms. The van der Waals surface area contributed by atoms with E-state index < -0.39 is 51.7 Å². The zero-order valence-electron chi connectivity index (χ0n) is 16.0. The lowest BCUT2D eigenvalue weighted by atomic mass is 10.0. The van der Waals surface area contributed by atoms with Gasteiger partial charge in [0.25, 0.3) is 0 Å². The summed E-state index contributed by atoms with van der Waals surface area (Å²) in [5, 5.41) is 10.9. The van der Waals surface area contributed by atoms with Crippen LogP contribution >= 0.6 is 11.6 Å². The van der Waals surface area contributed by atoms with Gasteiger partial charge in [0.15, 0.2) is 11.9 Å². The number of amides is 1. The van der Waals surface area contributed by atoms with Gasteiger partial charge in [-0.15, -0.1) is 0 Å². The van der Waals surface area contributed by atoms with Crippen LogP contribution in [0.15, 0.2) is 12.1 Å². The lowest BCUT2D eigenvalue weighted by Crippen LogP contribution is -2.38. The molecule has 0 aliphatic heterocycles. The largest absolute Gasteiger partial charge is 0.479 e. The van der Waals surface area contributed by atoms with E-state index in [1.54, 1.807) is 41.5 Å². The summed E-state index contributed by atoms with van der Waals surface area (Å²) in [4.78, 5) is 35.5. The number of nitrogens with one attached hydrogen (secondary N) is 1. The molecule has 2 N–H and O–H groups in total. The molecule has 0 radical (unpaired) electrons. The van der Waals surface area contributed by atoms with Crippen LogP contribution in [0, 0.1) is 5.82 Å². The number of esters is 1. The maximum atomic E-state index is 14.6. The molecule has 0 fully saturated rings. The molecule has 9 heteroatoms. The van der Waals surface area contributed by atoms with Gasteiger partial charge in [-0.05, 0) is 47.6 Å². The number of hydrogen-bond acceptors (Lipinski definition) is 5. The highest BCUT2D eigenvalue weighted by Crippen LogP contribution is 2.29. The third kappa shape index (κ3) is 6.71. The van der Waals surface area contributed by atoms with Gasteiger partial charge in [0.05, 0.1) is 10.6 Å². The van der Waals surface area contributed by atoms with Crippen LogP contribution < -0.4 is 5.32 Å². The number of alkyl carbamates (subject to hydrolysis) is 1. The molecule has 0 saturated carbocycles. The lowest BCUT2D eigenvalue weighted by Gasteiger charge is -2.23. The Hall–Kier alpha value is -2.35. The molecule has 7 nitrogen and oxygen atoms in total. The van der Waals surface area contributed by atoms with Crippen LogP contribution in [-0.2, 0) is 14.3 Å². The predicted octanol–water partition coefficient (Wildman–Crippen LogP) is 4.08. The molecular formula is C18H23ClFNO6. The van der Waals surface area contributed by atoms with Crippen LogP contribution in [0.4, 0.5) is 9.18 Å². The number of aliphatic carboxylic acids is 1. The molecule has 1 atom stereocenters. The molecule has 1 unspecified atom stereocenters. The highest BCUT2D eigenvalue weighted by Gasteiger charge is 2.30. The molecule has 1 amide bonds. The number of carboxylic acids is 1. The standard InChI is InChI=1S/C18H23ClFNO6/c1-17(2,3)26-15(24)10-8-7-9(11(19)12(10)20)13(14(22)23)21-16(25)27-18(4,5)6/h7-8,13H,1-6H3,(H,21,25)(H,22,23). The Balaban J connectivity index is 3.20. The molecule has 0 bridgehead atoms. The van der Waals surface area contributed by atoms with E-state index in [1.807, 2.05) is 0 Å². The molecule has 1 aromatic rings. The Kier molecular flexibility index (Phi) is 6.83. The van der Waals surface area contributed by atoms with Crippen molar-refractivity contribution >= 4 is 29.6 Å². The number of ether oxygens (including phenoxy) is 2. The van der Waals surface area contributed by atoms with Crippen LogP contribution in [0.1, 0.15) is 63.5 Å². The van der Waals surface area contributed by atoms with E-state index in [-0.39, 0.29) is 5.56 Å². The van der Waals surface area contributed by atoms with E-state index in [2.05, 4.69) is 5.32 Å². The third-order valence-electron chi connectivity index (χ3n) is 2.95. The van der Waals surface area contributed by atoms with Crippen molar-refractivity contribution in [2.24, 2.45) is 0 Å². The topological polar surface area (TPSA) is 102 Å². The fraction of sp³-hybridized carbons (Fsp3) is 0.500. The van der Waals surface area contributed by atoms with Gasteiger partial charge in [0.2, 0.25) is 0 Å². The van der Waals surface area contributed by atoms with Gasteiger partial charge in [-0.2, -0.15) is 0 Å². The summed E-state index contributed by atoms with van der Waals surface area (Å²) in [7, 11) is 0. The minimum Gasteiger partial charge on any atom is -0.479 e. The van der Waals surface area contributed by atoms with Crippen molar-refractivity contribution < 1.29 is 33.4 Å². The van der Waals surface area contributed by atoms with Gasteiger partial charge in [0, 0.05) is 5.56 Å². The van der Waals surface area contributed by atoms with Crippen LogP contribution in [-0.4, -0.2) is 34.3 Å². The molecule has 1 rings (SSSR count). The second-order valence-electron chi connectivity index (χ2n) is 7.75. The van der Waals surface area contributed by atoms with E-state index in [1.165, 1.54) is 0 Å². The monoisotopic (exact) mass is 403 g/mol. The van der Waals surface area contributed by atoms with Crippen molar-refractivity contribution in [1.82, 2.24) is 5.32 Å². The minimum absolute atomic E-state index is 0.236. The summed E-state index contributed by atoms with van der Waals surface area (Å²) in [5.74, 6) is -3.56. The second-order valence-corrected chi connectivity index (χ2v) is 8.13. The number of benzene rings is 1. The zero-order chi connectivity index (χ0) is 21.2. The summed E-state index contributed by atoms with van der Waals surface area (Å²) >= 11 is 5.93. The van der Waals surface area contributed by atoms with Crippen molar-refractivity contribution in [3.63, 3.8) is 0 Å². The Bertz CT molecular complexity index is 751. The number of carbonyl (C=O) groups excluding carboxylic acids is 2. The third-order valence-corrected chi connectivity index (χ3v) is 3.33. The van der Waals surface area contributed by atoms with E-state index in [9.17, 15) is 23.9 Å². The van der Waals surface area contributed by atoms with Gasteiger partial charge in [-0.3, -0.25) is 0 Å². The quantitative estimate of drug-likeness (QED) is 0.734.